The number of nitrogen functional groups attached to an aromatic ring is 1. The minimum absolute atomic E-state index is 0.113. The van der Waals surface area contributed by atoms with Crippen molar-refractivity contribution in [2.24, 2.45) is 11.7 Å². The van der Waals surface area contributed by atoms with E-state index in [1.54, 1.807) is 24.9 Å². The molecule has 8 nitrogen and oxygen atoms in total. The van der Waals surface area contributed by atoms with Crippen molar-refractivity contribution in [3.8, 4) is 23.1 Å². The summed E-state index contributed by atoms with van der Waals surface area (Å²) < 4.78 is 1.92. The summed E-state index contributed by atoms with van der Waals surface area (Å²) in [5.74, 6) is 6.30. The number of aliphatic hydroxyl groups is 1. The minimum Gasteiger partial charge on any atom is -0.382 e. The Kier molecular flexibility index (Phi) is 6.66. The number of amides is 1. The van der Waals surface area contributed by atoms with Crippen LogP contribution < -0.4 is 11.5 Å². The van der Waals surface area contributed by atoms with Crippen molar-refractivity contribution >= 4 is 17.2 Å². The molecule has 2 unspecified atom stereocenters. The molecule has 2 aromatic carbocycles. The van der Waals surface area contributed by atoms with Crippen molar-refractivity contribution in [1.29, 1.82) is 0 Å². The van der Waals surface area contributed by atoms with Gasteiger partial charge in [0.05, 0.1) is 6.04 Å². The lowest BCUT2D eigenvalue weighted by Gasteiger charge is -2.28. The van der Waals surface area contributed by atoms with Crippen LogP contribution in [0.1, 0.15) is 50.2 Å². The molecule has 1 amide bonds. The highest BCUT2D eigenvalue weighted by atomic mass is 16.3. The quantitative estimate of drug-likeness (QED) is 0.355. The summed E-state index contributed by atoms with van der Waals surface area (Å²) in [5, 5.41) is 11.3. The van der Waals surface area contributed by atoms with Crippen molar-refractivity contribution in [3.63, 3.8) is 0 Å². The summed E-state index contributed by atoms with van der Waals surface area (Å²) in [6.07, 6.45) is 4.21. The number of likely N-dealkylation sites (tertiary alicyclic amines) is 1. The average molecular weight is 509 g/mol. The SMILES string of the molecule is CC#CC(=O)N1C(c2nc(-c3ccc(C(C)(O)c4ccccc4)cc3)c3c(N)nccn23)[C@H](C)C[C@H]1CN. The second-order valence-corrected chi connectivity index (χ2v) is 10.0. The van der Waals surface area contributed by atoms with E-state index >= 15 is 0 Å². The summed E-state index contributed by atoms with van der Waals surface area (Å²) in [6, 6.07) is 16.8. The molecule has 1 aliphatic rings. The van der Waals surface area contributed by atoms with Crippen molar-refractivity contribution in [2.45, 2.75) is 44.9 Å². The summed E-state index contributed by atoms with van der Waals surface area (Å²) in [4.78, 5) is 24.2. The number of carbonyl (C=O) groups excluding carboxylic acids is 1. The van der Waals surface area contributed by atoms with Crippen molar-refractivity contribution in [2.75, 3.05) is 12.3 Å². The van der Waals surface area contributed by atoms with Gasteiger partial charge in [-0.2, -0.15) is 0 Å². The topological polar surface area (TPSA) is 123 Å². The fourth-order valence-corrected chi connectivity index (χ4v) is 5.60. The number of hydrogen-bond acceptors (Lipinski definition) is 6. The molecule has 2 aromatic heterocycles. The maximum atomic E-state index is 13.1. The molecular formula is C30H32N6O2. The molecule has 1 saturated heterocycles. The van der Waals surface area contributed by atoms with E-state index < -0.39 is 5.60 Å². The van der Waals surface area contributed by atoms with Crippen LogP contribution in [0.4, 0.5) is 5.82 Å². The van der Waals surface area contributed by atoms with Crippen LogP contribution in [0.2, 0.25) is 0 Å². The number of anilines is 1. The van der Waals surface area contributed by atoms with Gasteiger partial charge in [-0.3, -0.25) is 9.20 Å². The molecule has 38 heavy (non-hydrogen) atoms. The van der Waals surface area contributed by atoms with E-state index in [1.807, 2.05) is 65.2 Å². The predicted molar refractivity (Wildman–Crippen MR) is 148 cm³/mol. The molecule has 194 valence electrons. The Bertz CT molecular complexity index is 1530. The van der Waals surface area contributed by atoms with Crippen molar-refractivity contribution in [1.82, 2.24) is 19.3 Å². The smallest absolute Gasteiger partial charge is 0.299 e. The number of imidazole rings is 1. The first kappa shape index (κ1) is 25.5. The molecule has 5 rings (SSSR count). The van der Waals surface area contributed by atoms with Crippen molar-refractivity contribution in [3.05, 3.63) is 83.9 Å². The van der Waals surface area contributed by atoms with Crippen LogP contribution in [0.3, 0.4) is 0 Å². The monoisotopic (exact) mass is 508 g/mol. The molecule has 3 heterocycles. The van der Waals surface area contributed by atoms with Crippen LogP contribution in [-0.4, -0.2) is 42.9 Å². The van der Waals surface area contributed by atoms with E-state index in [2.05, 4.69) is 23.7 Å². The standard InChI is InChI=1S/C30H32N6O2/c1-4-8-24(37)36-23(18-31)17-19(2)26(36)29-34-25(27-28(32)33-15-16-35(27)29)20-11-13-22(14-12-20)30(3,38)21-9-6-5-7-10-21/h5-7,9-16,19,23,26,38H,17-18,31H2,1-3H3,(H2,32,33)/t19-,23+,26?,30?/m1/s1. The Hall–Kier alpha value is -4.19. The van der Waals surface area contributed by atoms with E-state index in [0.29, 0.717) is 29.4 Å². The van der Waals surface area contributed by atoms with Gasteiger partial charge in [-0.15, -0.1) is 0 Å². The minimum atomic E-state index is -1.15. The van der Waals surface area contributed by atoms with Gasteiger partial charge < -0.3 is 21.5 Å². The van der Waals surface area contributed by atoms with Gasteiger partial charge in [-0.1, -0.05) is 67.4 Å². The van der Waals surface area contributed by atoms with Crippen LogP contribution in [-0.2, 0) is 10.4 Å². The van der Waals surface area contributed by atoms with E-state index in [-0.39, 0.29) is 23.9 Å². The summed E-state index contributed by atoms with van der Waals surface area (Å²) >= 11 is 0. The Labute approximate surface area is 222 Å². The van der Waals surface area contributed by atoms with E-state index in [1.165, 1.54) is 0 Å². The molecule has 0 saturated carbocycles. The molecule has 4 aromatic rings. The van der Waals surface area contributed by atoms with Gasteiger partial charge in [0.15, 0.2) is 0 Å². The maximum Gasteiger partial charge on any atom is 0.299 e. The molecule has 0 aliphatic carbocycles. The molecule has 1 fully saturated rings. The fourth-order valence-electron chi connectivity index (χ4n) is 5.60. The van der Waals surface area contributed by atoms with Gasteiger partial charge in [-0.05, 0) is 43.2 Å². The number of fused-ring (bicyclic) bond motifs is 1. The number of nitrogens with zero attached hydrogens (tertiary/aromatic N) is 4. The van der Waals surface area contributed by atoms with Gasteiger partial charge in [0.1, 0.15) is 28.5 Å². The molecule has 1 aliphatic heterocycles. The highest BCUT2D eigenvalue weighted by Gasteiger charge is 2.44. The lowest BCUT2D eigenvalue weighted by Crippen LogP contribution is -2.41. The Morgan fingerprint density at radius 1 is 1.16 bits per heavy atom. The number of carbonyl (C=O) groups is 1. The predicted octanol–water partition coefficient (Wildman–Crippen LogP) is 3.49. The number of aromatic nitrogens is 3. The summed E-state index contributed by atoms with van der Waals surface area (Å²) in [7, 11) is 0. The first-order valence-corrected chi connectivity index (χ1v) is 12.7. The molecule has 5 N–H and O–H groups in total. The van der Waals surface area contributed by atoms with Crippen LogP contribution in [0, 0.1) is 17.8 Å². The summed E-state index contributed by atoms with van der Waals surface area (Å²) in [5.41, 5.74) is 15.0. The van der Waals surface area contributed by atoms with Gasteiger partial charge in [0, 0.05) is 30.5 Å². The molecule has 0 bridgehead atoms. The van der Waals surface area contributed by atoms with Gasteiger partial charge >= 0.3 is 0 Å². The van der Waals surface area contributed by atoms with Gasteiger partial charge in [0.25, 0.3) is 5.91 Å². The third-order valence-corrected chi connectivity index (χ3v) is 7.55. The Balaban J connectivity index is 1.62. The zero-order chi connectivity index (χ0) is 27.0. The van der Waals surface area contributed by atoms with Gasteiger partial charge in [-0.25, -0.2) is 9.97 Å². The first-order chi connectivity index (χ1) is 18.3. The van der Waals surface area contributed by atoms with E-state index in [9.17, 15) is 9.90 Å². The number of hydrogen-bond donors (Lipinski definition) is 3. The third kappa shape index (κ3) is 4.20. The second kappa shape index (κ2) is 9.93. The molecule has 8 heteroatoms. The lowest BCUT2D eigenvalue weighted by atomic mass is 9.87. The lowest BCUT2D eigenvalue weighted by molar-refractivity contribution is -0.128. The highest BCUT2D eigenvalue weighted by molar-refractivity contribution is 5.94. The molecule has 4 atom stereocenters. The third-order valence-electron chi connectivity index (χ3n) is 7.55. The molecular weight excluding hydrogens is 476 g/mol. The largest absolute Gasteiger partial charge is 0.382 e. The maximum absolute atomic E-state index is 13.1. The average Bonchev–Trinajstić information content (AvgIpc) is 3.47. The first-order valence-electron chi connectivity index (χ1n) is 12.7. The zero-order valence-corrected chi connectivity index (χ0v) is 21.8. The van der Waals surface area contributed by atoms with Crippen LogP contribution in [0.25, 0.3) is 16.8 Å². The van der Waals surface area contributed by atoms with Crippen molar-refractivity contribution < 1.29 is 9.90 Å². The number of rotatable bonds is 5. The highest BCUT2D eigenvalue weighted by Crippen LogP contribution is 2.42. The zero-order valence-electron chi connectivity index (χ0n) is 21.8. The van der Waals surface area contributed by atoms with Crippen LogP contribution in [0.5, 0.6) is 0 Å². The van der Waals surface area contributed by atoms with E-state index in [4.69, 9.17) is 16.5 Å². The Morgan fingerprint density at radius 3 is 2.50 bits per heavy atom. The van der Waals surface area contributed by atoms with E-state index in [0.717, 1.165) is 23.1 Å². The molecule has 0 radical (unpaired) electrons. The normalized spacial score (nSPS) is 20.7. The van der Waals surface area contributed by atoms with Crippen LogP contribution >= 0.6 is 0 Å². The number of benzene rings is 2. The second-order valence-electron chi connectivity index (χ2n) is 10.0. The Morgan fingerprint density at radius 2 is 1.84 bits per heavy atom. The fraction of sp³-hybridized carbons (Fsp3) is 0.300. The summed E-state index contributed by atoms with van der Waals surface area (Å²) in [6.45, 7) is 5.88. The van der Waals surface area contributed by atoms with Crippen LogP contribution in [0.15, 0.2) is 67.0 Å². The molecule has 0 spiro atoms. The number of nitrogens with two attached hydrogens (primary N) is 2. The van der Waals surface area contributed by atoms with Gasteiger partial charge in [0.2, 0.25) is 0 Å².